The topological polar surface area (TPSA) is 42.0 Å². The van der Waals surface area contributed by atoms with Gasteiger partial charge in [-0.3, -0.25) is 10.1 Å². The molecule has 3 nitrogen and oxygen atoms in total. The molecule has 28 heavy (non-hydrogen) atoms. The molecule has 0 unspecified atom stereocenters. The maximum Gasteiger partial charge on any atom is 0.417 e. The molecule has 0 aliphatic carbocycles. The van der Waals surface area contributed by atoms with Crippen LogP contribution in [-0.4, -0.2) is 10.9 Å². The van der Waals surface area contributed by atoms with Gasteiger partial charge < -0.3 is 0 Å². The van der Waals surface area contributed by atoms with Crippen molar-refractivity contribution in [3.05, 3.63) is 83.2 Å². The van der Waals surface area contributed by atoms with Crippen LogP contribution in [0.4, 0.5) is 18.3 Å². The zero-order chi connectivity index (χ0) is 19.7. The second-order valence-electron chi connectivity index (χ2n) is 6.06. The summed E-state index contributed by atoms with van der Waals surface area (Å²) in [5.41, 5.74) is 0.141. The van der Waals surface area contributed by atoms with Crippen molar-refractivity contribution in [1.29, 1.82) is 0 Å². The molecule has 3 aromatic carbocycles. The summed E-state index contributed by atoms with van der Waals surface area (Å²) in [6.07, 6.45) is -4.61. The number of hydrogen-bond donors (Lipinski definition) is 1. The highest BCUT2D eigenvalue weighted by Crippen LogP contribution is 2.33. The van der Waals surface area contributed by atoms with Gasteiger partial charge >= 0.3 is 6.18 Å². The largest absolute Gasteiger partial charge is 0.417 e. The summed E-state index contributed by atoms with van der Waals surface area (Å²) in [6, 6.07) is 18.3. The quantitative estimate of drug-likeness (QED) is 0.444. The maximum absolute atomic E-state index is 13.1. The fourth-order valence-electron chi connectivity index (χ4n) is 3.00. The van der Waals surface area contributed by atoms with Gasteiger partial charge in [-0.15, -0.1) is 11.3 Å². The number of hydrogen-bond acceptors (Lipinski definition) is 3. The number of fused-ring (bicyclic) bond motifs is 1. The molecule has 0 fully saturated rings. The van der Waals surface area contributed by atoms with Gasteiger partial charge in [-0.2, -0.15) is 13.2 Å². The summed E-state index contributed by atoms with van der Waals surface area (Å²) >= 11 is 1.16. The third-order valence-electron chi connectivity index (χ3n) is 4.27. The molecular formula is C21H13F3N2OS. The monoisotopic (exact) mass is 398 g/mol. The molecular weight excluding hydrogens is 385 g/mol. The number of nitrogens with zero attached hydrogens (tertiary/aromatic N) is 1. The number of amides is 1. The van der Waals surface area contributed by atoms with Crippen molar-refractivity contribution >= 4 is 33.1 Å². The van der Waals surface area contributed by atoms with E-state index in [2.05, 4.69) is 10.3 Å². The number of alkyl halides is 3. The number of anilines is 1. The second-order valence-corrected chi connectivity index (χ2v) is 6.92. The minimum Gasteiger partial charge on any atom is -0.298 e. The van der Waals surface area contributed by atoms with Crippen molar-refractivity contribution in [1.82, 2.24) is 4.98 Å². The lowest BCUT2D eigenvalue weighted by Crippen LogP contribution is -2.18. The van der Waals surface area contributed by atoms with Crippen molar-refractivity contribution < 1.29 is 18.0 Å². The molecule has 1 aromatic heterocycles. The van der Waals surface area contributed by atoms with Gasteiger partial charge in [0, 0.05) is 10.9 Å². The normalized spacial score (nSPS) is 11.5. The fourth-order valence-corrected chi connectivity index (χ4v) is 3.70. The molecule has 4 rings (SSSR count). The molecule has 0 spiro atoms. The van der Waals surface area contributed by atoms with Crippen LogP contribution in [0.3, 0.4) is 0 Å². The summed E-state index contributed by atoms with van der Waals surface area (Å²) in [7, 11) is 0. The van der Waals surface area contributed by atoms with E-state index in [4.69, 9.17) is 0 Å². The van der Waals surface area contributed by atoms with Gasteiger partial charge in [-0.25, -0.2) is 4.98 Å². The minimum atomic E-state index is -4.61. The van der Waals surface area contributed by atoms with Crippen LogP contribution in [0, 0.1) is 0 Å². The number of thiazole rings is 1. The highest BCUT2D eigenvalue weighted by Gasteiger charge is 2.35. The van der Waals surface area contributed by atoms with E-state index in [-0.39, 0.29) is 5.13 Å². The first-order chi connectivity index (χ1) is 13.4. The Morgan fingerprint density at radius 3 is 2.46 bits per heavy atom. The van der Waals surface area contributed by atoms with Gasteiger partial charge in [0.25, 0.3) is 5.91 Å². The first kappa shape index (κ1) is 18.2. The number of benzene rings is 3. The molecule has 0 aliphatic rings. The van der Waals surface area contributed by atoms with Crippen molar-refractivity contribution in [2.24, 2.45) is 0 Å². The number of carbonyl (C=O) groups is 1. The summed E-state index contributed by atoms with van der Waals surface area (Å²) in [4.78, 5) is 16.8. The van der Waals surface area contributed by atoms with Crippen LogP contribution in [0.1, 0.15) is 15.9 Å². The molecule has 1 N–H and O–H groups in total. The van der Waals surface area contributed by atoms with Crippen molar-refractivity contribution in [3.8, 4) is 11.3 Å². The number of aromatic nitrogens is 1. The Bertz CT molecular complexity index is 1160. The van der Waals surface area contributed by atoms with E-state index < -0.39 is 23.2 Å². The van der Waals surface area contributed by atoms with Gasteiger partial charge in [0.2, 0.25) is 0 Å². The summed E-state index contributed by atoms with van der Waals surface area (Å²) in [5.74, 6) is -0.841. The first-order valence-electron chi connectivity index (χ1n) is 8.35. The molecule has 0 saturated heterocycles. The highest BCUT2D eigenvalue weighted by molar-refractivity contribution is 7.14. The average Bonchev–Trinajstić information content (AvgIpc) is 3.15. The Morgan fingerprint density at radius 2 is 1.64 bits per heavy atom. The van der Waals surface area contributed by atoms with Crippen molar-refractivity contribution in [2.45, 2.75) is 6.18 Å². The van der Waals surface area contributed by atoms with E-state index >= 15 is 0 Å². The Labute approximate surface area is 162 Å². The van der Waals surface area contributed by atoms with Crippen LogP contribution in [0.2, 0.25) is 0 Å². The highest BCUT2D eigenvalue weighted by atomic mass is 32.1. The third kappa shape index (κ3) is 3.48. The fraction of sp³-hybridized carbons (Fsp3) is 0.0476. The van der Waals surface area contributed by atoms with E-state index in [0.717, 1.165) is 39.8 Å². The molecule has 7 heteroatoms. The number of nitrogens with one attached hydrogen (secondary N) is 1. The minimum absolute atomic E-state index is 0.241. The first-order valence-corrected chi connectivity index (χ1v) is 9.23. The zero-order valence-corrected chi connectivity index (χ0v) is 15.1. The predicted octanol–water partition coefficient (Wildman–Crippen LogP) is 6.23. The van der Waals surface area contributed by atoms with Crippen LogP contribution in [-0.2, 0) is 6.18 Å². The smallest absolute Gasteiger partial charge is 0.298 e. The van der Waals surface area contributed by atoms with E-state index in [1.807, 2.05) is 42.5 Å². The van der Waals surface area contributed by atoms with Crippen molar-refractivity contribution in [2.75, 3.05) is 5.32 Å². The molecule has 0 saturated carbocycles. The standard InChI is InChI=1S/C21H13F3N2OS/c22-21(23,24)17-11-4-3-9-16(17)19(27)26-20-25-18(12-28-20)15-10-5-7-13-6-1-2-8-14(13)15/h1-12H,(H,25,26,27). The number of rotatable bonds is 3. The molecule has 1 heterocycles. The van der Waals surface area contributed by atoms with E-state index in [0.29, 0.717) is 5.69 Å². The van der Waals surface area contributed by atoms with Crippen LogP contribution in [0.15, 0.2) is 72.1 Å². The predicted molar refractivity (Wildman–Crippen MR) is 104 cm³/mol. The summed E-state index contributed by atoms with van der Waals surface area (Å²) in [6.45, 7) is 0. The molecule has 140 valence electrons. The van der Waals surface area contributed by atoms with Crippen LogP contribution in [0.25, 0.3) is 22.0 Å². The summed E-state index contributed by atoms with van der Waals surface area (Å²) < 4.78 is 39.4. The van der Waals surface area contributed by atoms with Gasteiger partial charge in [0.05, 0.1) is 16.8 Å². The molecule has 0 radical (unpaired) electrons. The molecule has 1 amide bonds. The van der Waals surface area contributed by atoms with Gasteiger partial charge in [0.1, 0.15) is 0 Å². The van der Waals surface area contributed by atoms with Gasteiger partial charge in [-0.05, 0) is 22.9 Å². The Hall–Kier alpha value is -3.19. The van der Waals surface area contributed by atoms with Crippen LogP contribution < -0.4 is 5.32 Å². The Morgan fingerprint density at radius 1 is 0.929 bits per heavy atom. The third-order valence-corrected chi connectivity index (χ3v) is 5.03. The Kier molecular flexibility index (Phi) is 4.60. The SMILES string of the molecule is O=C(Nc1nc(-c2cccc3ccccc23)cs1)c1ccccc1C(F)(F)F. The average molecular weight is 398 g/mol. The number of halogens is 3. The van der Waals surface area contributed by atoms with Crippen LogP contribution >= 0.6 is 11.3 Å². The lowest BCUT2D eigenvalue weighted by Gasteiger charge is -2.11. The second kappa shape index (κ2) is 7.09. The Balaban J connectivity index is 1.64. The lowest BCUT2D eigenvalue weighted by atomic mass is 10.0. The van der Waals surface area contributed by atoms with Gasteiger partial charge in [0.15, 0.2) is 5.13 Å². The number of carbonyl (C=O) groups excluding carboxylic acids is 1. The van der Waals surface area contributed by atoms with E-state index in [1.165, 1.54) is 12.1 Å². The van der Waals surface area contributed by atoms with Crippen molar-refractivity contribution in [3.63, 3.8) is 0 Å². The van der Waals surface area contributed by atoms with Gasteiger partial charge in [-0.1, -0.05) is 54.6 Å². The maximum atomic E-state index is 13.1. The lowest BCUT2D eigenvalue weighted by molar-refractivity contribution is -0.137. The van der Waals surface area contributed by atoms with E-state index in [1.54, 1.807) is 5.38 Å². The van der Waals surface area contributed by atoms with Crippen LogP contribution in [0.5, 0.6) is 0 Å². The van der Waals surface area contributed by atoms with E-state index in [9.17, 15) is 18.0 Å². The molecule has 0 aliphatic heterocycles. The zero-order valence-electron chi connectivity index (χ0n) is 14.3. The molecule has 0 bridgehead atoms. The molecule has 0 atom stereocenters. The summed E-state index contributed by atoms with van der Waals surface area (Å²) in [5, 5.41) is 6.55. The molecule has 4 aromatic rings.